The lowest BCUT2D eigenvalue weighted by molar-refractivity contribution is -0.130. The number of allylic oxidation sites excluding steroid dienone is 2. The first-order valence-corrected chi connectivity index (χ1v) is 6.92. The summed E-state index contributed by atoms with van der Waals surface area (Å²) in [7, 11) is 1.74. The van der Waals surface area contributed by atoms with Crippen molar-refractivity contribution >= 4 is 11.9 Å². The van der Waals surface area contributed by atoms with Gasteiger partial charge in [-0.2, -0.15) is 0 Å². The van der Waals surface area contributed by atoms with E-state index in [1.807, 2.05) is 0 Å². The number of carbonyl (C=O) groups excluding carboxylic acids is 1. The highest BCUT2D eigenvalue weighted by Crippen LogP contribution is 2.23. The van der Waals surface area contributed by atoms with Crippen molar-refractivity contribution in [1.29, 1.82) is 0 Å². The molecule has 0 aromatic heterocycles. The molecule has 1 aromatic carbocycles. The zero-order valence-corrected chi connectivity index (χ0v) is 12.3. The third-order valence-electron chi connectivity index (χ3n) is 3.69. The van der Waals surface area contributed by atoms with Gasteiger partial charge in [-0.05, 0) is 38.3 Å². The molecule has 0 fully saturated rings. The van der Waals surface area contributed by atoms with E-state index in [0.29, 0.717) is 11.3 Å². The van der Waals surface area contributed by atoms with Gasteiger partial charge in [0.1, 0.15) is 5.75 Å². The van der Waals surface area contributed by atoms with Crippen LogP contribution in [-0.2, 0) is 4.79 Å². The van der Waals surface area contributed by atoms with E-state index in [0.717, 1.165) is 25.0 Å². The Kier molecular flexibility index (Phi) is 4.62. The van der Waals surface area contributed by atoms with E-state index < -0.39 is 5.97 Å². The minimum atomic E-state index is -1.00. The van der Waals surface area contributed by atoms with Crippen molar-refractivity contribution in [3.05, 3.63) is 41.1 Å². The fraction of sp³-hybridized carbons (Fsp3) is 0.375. The predicted octanol–water partition coefficient (Wildman–Crippen LogP) is 2.60. The normalized spacial score (nSPS) is 13.7. The summed E-state index contributed by atoms with van der Waals surface area (Å²) in [4.78, 5) is 24.7. The monoisotopic (exact) mass is 289 g/mol. The molecule has 2 rings (SSSR count). The second-order valence-corrected chi connectivity index (χ2v) is 5.06. The van der Waals surface area contributed by atoms with Gasteiger partial charge in [-0.1, -0.05) is 12.1 Å². The highest BCUT2D eigenvalue weighted by atomic mass is 16.5. The predicted molar refractivity (Wildman–Crippen MR) is 78.3 cm³/mol. The van der Waals surface area contributed by atoms with Crippen molar-refractivity contribution in [2.75, 3.05) is 13.7 Å². The second kappa shape index (κ2) is 6.43. The van der Waals surface area contributed by atoms with Crippen molar-refractivity contribution in [1.82, 2.24) is 4.90 Å². The topological polar surface area (TPSA) is 66.8 Å². The van der Waals surface area contributed by atoms with Crippen molar-refractivity contribution < 1.29 is 19.4 Å². The van der Waals surface area contributed by atoms with Crippen LogP contribution in [-0.4, -0.2) is 35.5 Å². The molecule has 0 heterocycles. The molecule has 1 N–H and O–H groups in total. The number of ether oxygens (including phenoxy) is 1. The van der Waals surface area contributed by atoms with Gasteiger partial charge >= 0.3 is 5.97 Å². The van der Waals surface area contributed by atoms with Gasteiger partial charge in [0.25, 0.3) is 5.91 Å². The van der Waals surface area contributed by atoms with Crippen LogP contribution in [0.25, 0.3) is 0 Å². The molecular weight excluding hydrogens is 270 g/mol. The number of nitrogens with zero attached hydrogens (tertiary/aromatic N) is 1. The summed E-state index contributed by atoms with van der Waals surface area (Å²) < 4.78 is 5.49. The number of rotatable bonds is 5. The van der Waals surface area contributed by atoms with Crippen molar-refractivity contribution in [3.63, 3.8) is 0 Å². The highest BCUT2D eigenvalue weighted by Gasteiger charge is 2.17. The fourth-order valence-electron chi connectivity index (χ4n) is 2.36. The lowest BCUT2D eigenvalue weighted by Gasteiger charge is -2.19. The molecule has 0 unspecified atom stereocenters. The Hall–Kier alpha value is -2.30. The number of hydrogen-bond acceptors (Lipinski definition) is 3. The molecular formula is C16H19NO4. The maximum atomic E-state index is 12.1. The lowest BCUT2D eigenvalue weighted by Crippen LogP contribution is -2.30. The van der Waals surface area contributed by atoms with Crippen molar-refractivity contribution in [2.24, 2.45) is 0 Å². The maximum Gasteiger partial charge on any atom is 0.336 e. The third-order valence-corrected chi connectivity index (χ3v) is 3.69. The van der Waals surface area contributed by atoms with Gasteiger partial charge in [0.2, 0.25) is 0 Å². The van der Waals surface area contributed by atoms with E-state index in [-0.39, 0.29) is 18.1 Å². The van der Waals surface area contributed by atoms with Crippen LogP contribution in [0, 0.1) is 6.92 Å². The molecule has 0 saturated heterocycles. The minimum Gasteiger partial charge on any atom is -0.483 e. The first kappa shape index (κ1) is 15.1. The summed E-state index contributed by atoms with van der Waals surface area (Å²) in [6.45, 7) is 1.57. The van der Waals surface area contributed by atoms with Crippen LogP contribution in [0.2, 0.25) is 0 Å². The van der Waals surface area contributed by atoms with Crippen LogP contribution >= 0.6 is 0 Å². The van der Waals surface area contributed by atoms with Gasteiger partial charge in [0.05, 0.1) is 5.56 Å². The molecule has 112 valence electrons. The SMILES string of the molecule is Cc1c(OCC(=O)N(C)C2=CCCC2)cccc1C(=O)O. The van der Waals surface area contributed by atoms with Crippen LogP contribution in [0.4, 0.5) is 0 Å². The van der Waals surface area contributed by atoms with E-state index in [9.17, 15) is 9.59 Å². The fourth-order valence-corrected chi connectivity index (χ4v) is 2.36. The summed E-state index contributed by atoms with van der Waals surface area (Å²) in [6.07, 6.45) is 5.06. The standard InChI is InChI=1S/C16H19NO4/c1-11-13(16(19)20)8-5-9-14(11)21-10-15(18)17(2)12-6-3-4-7-12/h5-6,8-9H,3-4,7,10H2,1-2H3,(H,19,20). The molecule has 0 bridgehead atoms. The first-order valence-electron chi connectivity index (χ1n) is 6.92. The van der Waals surface area contributed by atoms with E-state index in [4.69, 9.17) is 9.84 Å². The van der Waals surface area contributed by atoms with Gasteiger partial charge in [-0.15, -0.1) is 0 Å². The number of hydrogen-bond donors (Lipinski definition) is 1. The van der Waals surface area contributed by atoms with Crippen LogP contribution in [0.3, 0.4) is 0 Å². The quantitative estimate of drug-likeness (QED) is 0.904. The molecule has 1 aliphatic rings. The number of amides is 1. The minimum absolute atomic E-state index is 0.0995. The van der Waals surface area contributed by atoms with Crippen molar-refractivity contribution in [3.8, 4) is 5.75 Å². The van der Waals surface area contributed by atoms with Gasteiger partial charge in [0, 0.05) is 18.3 Å². The van der Waals surface area contributed by atoms with Gasteiger partial charge in [0.15, 0.2) is 6.61 Å². The highest BCUT2D eigenvalue weighted by molar-refractivity contribution is 5.90. The third kappa shape index (κ3) is 3.42. The molecule has 5 heteroatoms. The zero-order valence-electron chi connectivity index (χ0n) is 12.3. The number of aromatic carboxylic acids is 1. The van der Waals surface area contributed by atoms with E-state index in [1.165, 1.54) is 6.07 Å². The summed E-state index contributed by atoms with van der Waals surface area (Å²) in [5.74, 6) is -0.710. The Bertz CT molecular complexity index is 592. The molecule has 1 aromatic rings. The van der Waals surface area contributed by atoms with Gasteiger partial charge in [-0.3, -0.25) is 4.79 Å². The average Bonchev–Trinajstić information content (AvgIpc) is 2.98. The smallest absolute Gasteiger partial charge is 0.336 e. The molecule has 5 nitrogen and oxygen atoms in total. The van der Waals surface area contributed by atoms with Gasteiger partial charge in [-0.25, -0.2) is 4.79 Å². The van der Waals surface area contributed by atoms with Crippen LogP contribution in [0.1, 0.15) is 35.2 Å². The summed E-state index contributed by atoms with van der Waals surface area (Å²) >= 11 is 0. The summed E-state index contributed by atoms with van der Waals surface area (Å²) in [5, 5.41) is 9.06. The summed E-state index contributed by atoms with van der Waals surface area (Å²) in [6, 6.07) is 4.80. The molecule has 0 atom stereocenters. The number of likely N-dealkylation sites (N-methyl/N-ethyl adjacent to an activating group) is 1. The molecule has 0 spiro atoms. The van der Waals surface area contributed by atoms with E-state index >= 15 is 0 Å². The molecule has 1 aliphatic carbocycles. The Labute approximate surface area is 123 Å². The Balaban J connectivity index is 2.01. The first-order chi connectivity index (χ1) is 10.0. The van der Waals surface area contributed by atoms with Gasteiger partial charge < -0.3 is 14.7 Å². The van der Waals surface area contributed by atoms with E-state index in [2.05, 4.69) is 6.08 Å². The molecule has 1 amide bonds. The molecule has 0 aliphatic heterocycles. The van der Waals surface area contributed by atoms with Crippen LogP contribution in [0.5, 0.6) is 5.75 Å². The Morgan fingerprint density at radius 1 is 1.38 bits per heavy atom. The average molecular weight is 289 g/mol. The number of benzene rings is 1. The lowest BCUT2D eigenvalue weighted by atomic mass is 10.1. The second-order valence-electron chi connectivity index (χ2n) is 5.06. The Morgan fingerprint density at radius 3 is 2.76 bits per heavy atom. The number of carboxylic acids is 1. The molecule has 0 saturated carbocycles. The maximum absolute atomic E-state index is 12.1. The van der Waals surface area contributed by atoms with Crippen LogP contribution < -0.4 is 4.74 Å². The number of carbonyl (C=O) groups is 2. The largest absolute Gasteiger partial charge is 0.483 e. The molecule has 0 radical (unpaired) electrons. The summed E-state index contributed by atoms with van der Waals surface area (Å²) in [5.41, 5.74) is 1.74. The molecule has 21 heavy (non-hydrogen) atoms. The van der Waals surface area contributed by atoms with Crippen molar-refractivity contribution in [2.45, 2.75) is 26.2 Å². The number of carboxylic acid groups (broad SMARTS) is 1. The van der Waals surface area contributed by atoms with Crippen LogP contribution in [0.15, 0.2) is 30.0 Å². The van der Waals surface area contributed by atoms with E-state index in [1.54, 1.807) is 31.0 Å². The zero-order chi connectivity index (χ0) is 15.4. The Morgan fingerprint density at radius 2 is 2.14 bits per heavy atom.